The molecular formula is C29H22N4O4. The van der Waals surface area contributed by atoms with Crippen LogP contribution in [0.4, 0.5) is 5.69 Å². The van der Waals surface area contributed by atoms with Gasteiger partial charge in [0.2, 0.25) is 5.75 Å². The molecule has 0 amide bonds. The van der Waals surface area contributed by atoms with Crippen molar-refractivity contribution in [3.63, 3.8) is 0 Å². The number of nitro groups is 1. The molecule has 8 heteroatoms. The Balaban J connectivity index is 1.60. The Morgan fingerprint density at radius 1 is 0.946 bits per heavy atom. The number of hydrogen-bond donors (Lipinski definition) is 0. The number of fused-ring (bicyclic) bond motifs is 1. The molecular weight excluding hydrogens is 468 g/mol. The van der Waals surface area contributed by atoms with Crippen LogP contribution in [0.1, 0.15) is 16.7 Å². The van der Waals surface area contributed by atoms with Crippen LogP contribution in [0.5, 0.6) is 5.75 Å². The molecule has 0 spiro atoms. The second kappa shape index (κ2) is 10.2. The number of para-hydroxylation sites is 2. The third-order valence-electron chi connectivity index (χ3n) is 5.82. The van der Waals surface area contributed by atoms with Crippen LogP contribution in [-0.4, -0.2) is 20.8 Å². The molecule has 0 radical (unpaired) electrons. The Labute approximate surface area is 212 Å². The second-order valence-corrected chi connectivity index (χ2v) is 8.41. The van der Waals surface area contributed by atoms with Gasteiger partial charge in [-0.25, -0.2) is 4.98 Å². The quantitative estimate of drug-likeness (QED) is 0.165. The summed E-state index contributed by atoms with van der Waals surface area (Å²) in [7, 11) is 0. The van der Waals surface area contributed by atoms with Gasteiger partial charge in [-0.1, -0.05) is 78.4 Å². The second-order valence-electron chi connectivity index (χ2n) is 8.41. The van der Waals surface area contributed by atoms with Gasteiger partial charge in [0.1, 0.15) is 6.61 Å². The lowest BCUT2D eigenvalue weighted by Gasteiger charge is -2.11. The van der Waals surface area contributed by atoms with Crippen molar-refractivity contribution in [1.82, 2.24) is 9.66 Å². The number of aromatic nitrogens is 2. The lowest BCUT2D eigenvalue weighted by atomic mass is 10.1. The van der Waals surface area contributed by atoms with Gasteiger partial charge in [-0.2, -0.15) is 9.78 Å². The van der Waals surface area contributed by atoms with Gasteiger partial charge < -0.3 is 4.74 Å². The molecule has 8 nitrogen and oxygen atoms in total. The maximum atomic E-state index is 13.4. The van der Waals surface area contributed by atoms with Crippen molar-refractivity contribution in [3.8, 4) is 17.1 Å². The predicted octanol–water partition coefficient (Wildman–Crippen LogP) is 5.74. The smallest absolute Gasteiger partial charge is 0.311 e. The van der Waals surface area contributed by atoms with E-state index in [0.29, 0.717) is 27.9 Å². The van der Waals surface area contributed by atoms with Crippen LogP contribution in [-0.2, 0) is 6.61 Å². The summed E-state index contributed by atoms with van der Waals surface area (Å²) in [5.74, 6) is 0.424. The molecule has 0 aliphatic carbocycles. The van der Waals surface area contributed by atoms with Crippen molar-refractivity contribution in [1.29, 1.82) is 0 Å². The van der Waals surface area contributed by atoms with E-state index in [0.717, 1.165) is 11.1 Å². The molecule has 182 valence electrons. The van der Waals surface area contributed by atoms with Crippen LogP contribution in [0.15, 0.2) is 107 Å². The SMILES string of the molecule is Cc1ccc(COc2c(C=Nn3c(-c4ccccc4)nc4ccccc4c3=O)cccc2[N+](=O)[O-])cc1. The highest BCUT2D eigenvalue weighted by molar-refractivity contribution is 5.86. The molecule has 0 fully saturated rings. The molecule has 0 aliphatic heterocycles. The zero-order valence-electron chi connectivity index (χ0n) is 19.9. The zero-order valence-corrected chi connectivity index (χ0v) is 19.9. The highest BCUT2D eigenvalue weighted by atomic mass is 16.6. The summed E-state index contributed by atoms with van der Waals surface area (Å²) in [4.78, 5) is 29.4. The fourth-order valence-corrected chi connectivity index (χ4v) is 3.91. The zero-order chi connectivity index (χ0) is 25.8. The summed E-state index contributed by atoms with van der Waals surface area (Å²) >= 11 is 0. The molecule has 4 aromatic carbocycles. The molecule has 0 bridgehead atoms. The average molecular weight is 491 g/mol. The molecule has 0 saturated carbocycles. The monoisotopic (exact) mass is 490 g/mol. The Hall–Kier alpha value is -5.11. The minimum absolute atomic E-state index is 0.0693. The lowest BCUT2D eigenvalue weighted by molar-refractivity contribution is -0.385. The Morgan fingerprint density at radius 3 is 2.43 bits per heavy atom. The first-order valence-corrected chi connectivity index (χ1v) is 11.6. The number of hydrogen-bond acceptors (Lipinski definition) is 6. The molecule has 5 rings (SSSR count). The van der Waals surface area contributed by atoms with Crippen LogP contribution in [0, 0.1) is 17.0 Å². The van der Waals surface area contributed by atoms with Gasteiger partial charge in [0, 0.05) is 17.2 Å². The first kappa shape index (κ1) is 23.6. The minimum atomic E-state index is -0.499. The van der Waals surface area contributed by atoms with Crippen LogP contribution >= 0.6 is 0 Å². The summed E-state index contributed by atoms with van der Waals surface area (Å²) in [6, 6.07) is 28.6. The predicted molar refractivity (Wildman–Crippen MR) is 143 cm³/mol. The van der Waals surface area contributed by atoms with E-state index in [2.05, 4.69) is 10.1 Å². The van der Waals surface area contributed by atoms with Crippen molar-refractivity contribution in [2.45, 2.75) is 13.5 Å². The molecule has 37 heavy (non-hydrogen) atoms. The average Bonchev–Trinajstić information content (AvgIpc) is 2.92. The van der Waals surface area contributed by atoms with Gasteiger partial charge in [0.05, 0.1) is 22.0 Å². The highest BCUT2D eigenvalue weighted by Gasteiger charge is 2.19. The number of rotatable bonds is 7. The normalized spacial score (nSPS) is 11.2. The molecule has 0 atom stereocenters. The summed E-state index contributed by atoms with van der Waals surface area (Å²) in [5.41, 5.74) is 3.04. The number of nitro benzene ring substituents is 1. The summed E-state index contributed by atoms with van der Waals surface area (Å²) < 4.78 is 7.13. The first-order chi connectivity index (χ1) is 18.0. The summed E-state index contributed by atoms with van der Waals surface area (Å²) in [6.45, 7) is 2.12. The van der Waals surface area contributed by atoms with Gasteiger partial charge in [0.25, 0.3) is 5.56 Å². The van der Waals surface area contributed by atoms with E-state index in [1.165, 1.54) is 17.0 Å². The number of aryl methyl sites for hydroxylation is 1. The fraction of sp³-hybridized carbons (Fsp3) is 0.0690. The van der Waals surface area contributed by atoms with Crippen molar-refractivity contribution >= 4 is 22.8 Å². The lowest BCUT2D eigenvalue weighted by Crippen LogP contribution is -2.20. The van der Waals surface area contributed by atoms with Gasteiger partial charge in [-0.15, -0.1) is 0 Å². The fourth-order valence-electron chi connectivity index (χ4n) is 3.91. The van der Waals surface area contributed by atoms with E-state index < -0.39 is 4.92 Å². The number of ether oxygens (including phenoxy) is 1. The van der Waals surface area contributed by atoms with E-state index >= 15 is 0 Å². The number of nitrogens with zero attached hydrogens (tertiary/aromatic N) is 4. The van der Waals surface area contributed by atoms with Gasteiger partial charge >= 0.3 is 5.69 Å². The maximum Gasteiger partial charge on any atom is 0.311 e. The van der Waals surface area contributed by atoms with E-state index in [-0.39, 0.29) is 23.6 Å². The highest BCUT2D eigenvalue weighted by Crippen LogP contribution is 2.31. The van der Waals surface area contributed by atoms with Crippen LogP contribution in [0.3, 0.4) is 0 Å². The Bertz CT molecular complexity index is 1680. The number of benzene rings is 4. The van der Waals surface area contributed by atoms with Crippen molar-refractivity contribution in [3.05, 3.63) is 134 Å². The molecule has 0 saturated heterocycles. The third kappa shape index (κ3) is 4.99. The third-order valence-corrected chi connectivity index (χ3v) is 5.82. The Morgan fingerprint density at radius 2 is 1.68 bits per heavy atom. The topological polar surface area (TPSA) is 99.6 Å². The minimum Gasteiger partial charge on any atom is -0.481 e. The van der Waals surface area contributed by atoms with Crippen molar-refractivity contribution < 1.29 is 9.66 Å². The van der Waals surface area contributed by atoms with Gasteiger partial charge in [-0.3, -0.25) is 14.9 Å². The van der Waals surface area contributed by atoms with Gasteiger partial charge in [0.15, 0.2) is 5.82 Å². The summed E-state index contributed by atoms with van der Waals surface area (Å²) in [5, 5.41) is 16.6. The van der Waals surface area contributed by atoms with Crippen molar-refractivity contribution in [2.75, 3.05) is 0 Å². The van der Waals surface area contributed by atoms with E-state index in [4.69, 9.17) is 4.74 Å². The Kier molecular flexibility index (Phi) is 6.54. The molecule has 1 aromatic heterocycles. The molecule has 1 heterocycles. The van der Waals surface area contributed by atoms with Crippen LogP contribution in [0.25, 0.3) is 22.3 Å². The molecule has 5 aromatic rings. The molecule has 0 unspecified atom stereocenters. The van der Waals surface area contributed by atoms with Crippen molar-refractivity contribution in [2.24, 2.45) is 5.10 Å². The van der Waals surface area contributed by atoms with Crippen LogP contribution < -0.4 is 10.3 Å². The van der Waals surface area contributed by atoms with E-state index in [9.17, 15) is 14.9 Å². The standard InChI is InChI=1S/C29H22N4O4/c1-20-14-16-21(17-15-20)19-37-27-23(10-7-13-26(27)33(35)36)18-30-32-28(22-8-3-2-4-9-22)31-25-12-6-5-11-24(25)29(32)34/h2-18H,19H2,1H3. The van der Waals surface area contributed by atoms with E-state index in [1.54, 1.807) is 30.3 Å². The van der Waals surface area contributed by atoms with Crippen LogP contribution in [0.2, 0.25) is 0 Å². The largest absolute Gasteiger partial charge is 0.481 e. The van der Waals surface area contributed by atoms with Gasteiger partial charge in [-0.05, 0) is 30.7 Å². The first-order valence-electron chi connectivity index (χ1n) is 11.6. The summed E-state index contributed by atoms with van der Waals surface area (Å²) in [6.07, 6.45) is 1.39. The maximum absolute atomic E-state index is 13.4. The molecule has 0 aliphatic rings. The van der Waals surface area contributed by atoms with E-state index in [1.807, 2.05) is 67.6 Å². The molecule has 0 N–H and O–H groups in total.